The molecule has 1 unspecified atom stereocenters. The molecule has 2 nitrogen and oxygen atoms in total. The van der Waals surface area contributed by atoms with Crippen LogP contribution in [-0.2, 0) is 12.8 Å². The van der Waals surface area contributed by atoms with Crippen molar-refractivity contribution in [2.45, 2.75) is 58.5 Å². The van der Waals surface area contributed by atoms with Crippen LogP contribution in [0.15, 0.2) is 18.3 Å². The average Bonchev–Trinajstić information content (AvgIpc) is 2.54. The third-order valence-corrected chi connectivity index (χ3v) is 4.42. The second-order valence-corrected chi connectivity index (χ2v) is 5.96. The number of aryl methyl sites for hydroxylation is 1. The molecular weight excluding hydrogens is 210 g/mol. The van der Waals surface area contributed by atoms with E-state index in [0.29, 0.717) is 6.42 Å². The van der Waals surface area contributed by atoms with Crippen LogP contribution in [0.5, 0.6) is 0 Å². The predicted molar refractivity (Wildman–Crippen MR) is 69.9 cm³/mol. The minimum Gasteiger partial charge on any atom is -0.389 e. The van der Waals surface area contributed by atoms with Gasteiger partial charge in [-0.25, -0.2) is 0 Å². The molecule has 1 aliphatic carbocycles. The first-order valence-corrected chi connectivity index (χ1v) is 6.63. The van der Waals surface area contributed by atoms with Crippen LogP contribution < -0.4 is 0 Å². The van der Waals surface area contributed by atoms with Crippen LogP contribution in [0.25, 0.3) is 0 Å². The topological polar surface area (TPSA) is 33.1 Å². The Bertz CT molecular complexity index is 382. The quantitative estimate of drug-likeness (QED) is 0.870. The van der Waals surface area contributed by atoms with Gasteiger partial charge >= 0.3 is 0 Å². The second-order valence-electron chi connectivity index (χ2n) is 5.96. The molecule has 1 N–H and O–H groups in total. The summed E-state index contributed by atoms with van der Waals surface area (Å²) in [6.45, 7) is 6.46. The summed E-state index contributed by atoms with van der Waals surface area (Å²) in [4.78, 5) is 4.46. The molecule has 0 aromatic carbocycles. The highest BCUT2D eigenvalue weighted by molar-refractivity contribution is 5.17. The molecule has 1 fully saturated rings. The number of aromatic nitrogens is 1. The highest BCUT2D eigenvalue weighted by Gasteiger charge is 2.47. The molecule has 0 bridgehead atoms. The first kappa shape index (κ1) is 12.6. The van der Waals surface area contributed by atoms with Crippen molar-refractivity contribution in [1.82, 2.24) is 4.98 Å². The van der Waals surface area contributed by atoms with Crippen molar-refractivity contribution in [2.75, 3.05) is 0 Å². The SMILES string of the molecule is CCc1ccc(CC2(O)CCCC2(C)C)nc1. The van der Waals surface area contributed by atoms with Gasteiger partial charge in [-0.2, -0.15) is 0 Å². The summed E-state index contributed by atoms with van der Waals surface area (Å²) in [6.07, 6.45) is 6.76. The lowest BCUT2D eigenvalue weighted by atomic mass is 9.75. The van der Waals surface area contributed by atoms with E-state index in [1.807, 2.05) is 6.20 Å². The van der Waals surface area contributed by atoms with Gasteiger partial charge in [0.15, 0.2) is 0 Å². The molecule has 1 aromatic rings. The summed E-state index contributed by atoms with van der Waals surface area (Å²) in [6, 6.07) is 4.18. The normalized spacial score (nSPS) is 27.3. The van der Waals surface area contributed by atoms with Crippen LogP contribution in [0.2, 0.25) is 0 Å². The van der Waals surface area contributed by atoms with Crippen molar-refractivity contribution in [1.29, 1.82) is 0 Å². The monoisotopic (exact) mass is 233 g/mol. The standard InChI is InChI=1S/C15H23NO/c1-4-12-6-7-13(16-11-12)10-15(17)9-5-8-14(15,2)3/h6-7,11,17H,4-5,8-10H2,1-3H3. The van der Waals surface area contributed by atoms with Crippen LogP contribution in [0, 0.1) is 5.41 Å². The van der Waals surface area contributed by atoms with Crippen LogP contribution in [0.3, 0.4) is 0 Å². The molecule has 1 saturated carbocycles. The second kappa shape index (κ2) is 4.41. The van der Waals surface area contributed by atoms with Crippen LogP contribution in [-0.4, -0.2) is 15.7 Å². The summed E-state index contributed by atoms with van der Waals surface area (Å²) in [7, 11) is 0. The number of hydrogen-bond donors (Lipinski definition) is 1. The maximum atomic E-state index is 10.8. The van der Waals surface area contributed by atoms with Crippen molar-refractivity contribution in [3.63, 3.8) is 0 Å². The Labute approximate surface area is 104 Å². The van der Waals surface area contributed by atoms with Gasteiger partial charge in [-0.05, 0) is 42.7 Å². The van der Waals surface area contributed by atoms with Gasteiger partial charge < -0.3 is 5.11 Å². The molecule has 0 saturated heterocycles. The van der Waals surface area contributed by atoms with Crippen LogP contribution >= 0.6 is 0 Å². The molecule has 94 valence electrons. The Morgan fingerprint density at radius 1 is 1.29 bits per heavy atom. The molecule has 17 heavy (non-hydrogen) atoms. The van der Waals surface area contributed by atoms with Crippen molar-refractivity contribution in [2.24, 2.45) is 5.41 Å². The van der Waals surface area contributed by atoms with Gasteiger partial charge in [0.2, 0.25) is 0 Å². The van der Waals surface area contributed by atoms with Crippen molar-refractivity contribution in [3.05, 3.63) is 29.6 Å². The van der Waals surface area contributed by atoms with Gasteiger partial charge in [0.1, 0.15) is 0 Å². The highest BCUT2D eigenvalue weighted by Crippen LogP contribution is 2.47. The molecule has 0 spiro atoms. The molecule has 1 atom stereocenters. The molecule has 0 aliphatic heterocycles. The van der Waals surface area contributed by atoms with E-state index in [9.17, 15) is 5.11 Å². The van der Waals surface area contributed by atoms with E-state index in [1.165, 1.54) is 5.56 Å². The van der Waals surface area contributed by atoms with Gasteiger partial charge in [0, 0.05) is 18.3 Å². The van der Waals surface area contributed by atoms with Gasteiger partial charge in [0.05, 0.1) is 5.60 Å². The Morgan fingerprint density at radius 3 is 2.53 bits per heavy atom. The number of aliphatic hydroxyl groups is 1. The van der Waals surface area contributed by atoms with E-state index < -0.39 is 5.60 Å². The number of rotatable bonds is 3. The third-order valence-electron chi connectivity index (χ3n) is 4.42. The van der Waals surface area contributed by atoms with Crippen molar-refractivity contribution >= 4 is 0 Å². The fourth-order valence-corrected chi connectivity index (χ4v) is 2.79. The first-order chi connectivity index (χ1) is 7.97. The Hall–Kier alpha value is -0.890. The van der Waals surface area contributed by atoms with Gasteiger partial charge in [-0.1, -0.05) is 26.8 Å². The molecule has 0 amide bonds. The van der Waals surface area contributed by atoms with E-state index in [1.54, 1.807) is 0 Å². The number of nitrogens with zero attached hydrogens (tertiary/aromatic N) is 1. The van der Waals surface area contributed by atoms with Gasteiger partial charge in [0.25, 0.3) is 0 Å². The molecule has 1 heterocycles. The zero-order chi connectivity index (χ0) is 12.5. The summed E-state index contributed by atoms with van der Waals surface area (Å²) in [5.74, 6) is 0. The molecule has 1 aromatic heterocycles. The lowest BCUT2D eigenvalue weighted by molar-refractivity contribution is -0.0426. The highest BCUT2D eigenvalue weighted by atomic mass is 16.3. The molecule has 1 aliphatic rings. The Morgan fingerprint density at radius 2 is 2.06 bits per heavy atom. The van der Waals surface area contributed by atoms with E-state index in [2.05, 4.69) is 37.9 Å². The Kier molecular flexibility index (Phi) is 3.26. The van der Waals surface area contributed by atoms with Crippen LogP contribution in [0.1, 0.15) is 51.3 Å². The summed E-state index contributed by atoms with van der Waals surface area (Å²) in [5, 5.41) is 10.8. The van der Waals surface area contributed by atoms with E-state index in [4.69, 9.17) is 0 Å². The van der Waals surface area contributed by atoms with Crippen molar-refractivity contribution < 1.29 is 5.11 Å². The maximum Gasteiger partial charge on any atom is 0.0753 e. The zero-order valence-corrected chi connectivity index (χ0v) is 11.2. The number of pyridine rings is 1. The smallest absolute Gasteiger partial charge is 0.0753 e. The number of hydrogen-bond acceptors (Lipinski definition) is 2. The lowest BCUT2D eigenvalue weighted by Crippen LogP contribution is -2.42. The predicted octanol–water partition coefficient (Wildman–Crippen LogP) is 3.13. The van der Waals surface area contributed by atoms with Gasteiger partial charge in [-0.15, -0.1) is 0 Å². The molecule has 0 radical (unpaired) electrons. The molecular formula is C15H23NO. The minimum atomic E-state index is -0.576. The summed E-state index contributed by atoms with van der Waals surface area (Å²) in [5.41, 5.74) is 1.71. The third kappa shape index (κ3) is 2.37. The summed E-state index contributed by atoms with van der Waals surface area (Å²) < 4.78 is 0. The fraction of sp³-hybridized carbons (Fsp3) is 0.667. The van der Waals surface area contributed by atoms with Crippen LogP contribution in [0.4, 0.5) is 0 Å². The largest absolute Gasteiger partial charge is 0.389 e. The van der Waals surface area contributed by atoms with E-state index >= 15 is 0 Å². The zero-order valence-electron chi connectivity index (χ0n) is 11.2. The fourth-order valence-electron chi connectivity index (χ4n) is 2.79. The summed E-state index contributed by atoms with van der Waals surface area (Å²) >= 11 is 0. The first-order valence-electron chi connectivity index (χ1n) is 6.63. The molecule has 2 heteroatoms. The molecule has 2 rings (SSSR count). The minimum absolute atomic E-state index is 0.0120. The van der Waals surface area contributed by atoms with Crippen molar-refractivity contribution in [3.8, 4) is 0 Å². The maximum absolute atomic E-state index is 10.8. The lowest BCUT2D eigenvalue weighted by Gasteiger charge is -2.36. The van der Waals surface area contributed by atoms with E-state index in [0.717, 1.165) is 31.4 Å². The Balaban J connectivity index is 2.14. The van der Waals surface area contributed by atoms with E-state index in [-0.39, 0.29) is 5.41 Å². The van der Waals surface area contributed by atoms with Gasteiger partial charge in [-0.3, -0.25) is 4.98 Å². The average molecular weight is 233 g/mol.